The summed E-state index contributed by atoms with van der Waals surface area (Å²) < 4.78 is 245. The van der Waals surface area contributed by atoms with Crippen molar-refractivity contribution >= 4 is 79.6 Å². The van der Waals surface area contributed by atoms with E-state index in [1.165, 1.54) is 48.5 Å². The van der Waals surface area contributed by atoms with Crippen molar-refractivity contribution in [2.24, 2.45) is 0 Å². The first-order valence-corrected chi connectivity index (χ1v) is 30.8. The van der Waals surface area contributed by atoms with Crippen molar-refractivity contribution in [1.29, 1.82) is 0 Å². The first-order chi connectivity index (χ1) is 49.5. The third kappa shape index (κ3) is 20.7. The van der Waals surface area contributed by atoms with E-state index in [0.717, 1.165) is 83.9 Å². The smallest absolute Gasteiger partial charge is 0.399 e. The van der Waals surface area contributed by atoms with Crippen molar-refractivity contribution in [2.75, 3.05) is 33.6 Å². The highest BCUT2D eigenvalue weighted by Gasteiger charge is 2.42. The van der Waals surface area contributed by atoms with Gasteiger partial charge in [-0.05, 0) is 212 Å². The van der Waals surface area contributed by atoms with Gasteiger partial charge < -0.3 is 33.6 Å². The van der Waals surface area contributed by atoms with Gasteiger partial charge in [-0.15, -0.1) is 0 Å². The summed E-state index contributed by atoms with van der Waals surface area (Å²) >= 11 is 10.7. The summed E-state index contributed by atoms with van der Waals surface area (Å²) in [7, 11) is 0. The third-order valence-corrected chi connectivity index (χ3v) is 15.6. The predicted octanol–water partition coefficient (Wildman–Crippen LogP) is 22.2. The van der Waals surface area contributed by atoms with Gasteiger partial charge >= 0.3 is 37.1 Å². The molecule has 0 radical (unpaired) electrons. The quantitative estimate of drug-likeness (QED) is 0.0413. The topological polar surface area (TPSA) is 209 Å². The van der Waals surface area contributed by atoms with Crippen molar-refractivity contribution in [3.05, 3.63) is 292 Å². The fraction of sp³-hybridized carbons (Fsp3) is 0.0800. The summed E-state index contributed by atoms with van der Waals surface area (Å²) in [4.78, 5) is 51.6. The Kier molecular flexibility index (Phi) is 24.4. The van der Waals surface area contributed by atoms with Gasteiger partial charge in [0.2, 0.25) is 0 Å². The molecule has 0 aliphatic rings. The van der Waals surface area contributed by atoms with Crippen LogP contribution >= 0.6 is 23.2 Å². The number of hydrogen-bond donors (Lipinski definition) is 6. The molecule has 0 saturated heterocycles. The van der Waals surface area contributed by atoms with Crippen molar-refractivity contribution < 1.29 is 98.2 Å². The van der Waals surface area contributed by atoms with Crippen LogP contribution in [-0.4, -0.2) is 27.3 Å². The minimum absolute atomic E-state index is 0.0134. The number of benzene rings is 10. The molecule has 0 aliphatic heterocycles. The van der Waals surface area contributed by atoms with Crippen LogP contribution in [0, 0.1) is 0 Å². The Morgan fingerprint density at radius 2 is 0.481 bits per heavy atom. The Balaban J connectivity index is 0.000000246. The molecule has 0 atom stereocenters. The average Bonchev–Trinajstić information content (AvgIpc) is 0.783. The van der Waals surface area contributed by atoms with Gasteiger partial charge in [0.05, 0.1) is 33.4 Å². The molecule has 0 spiro atoms. The molecule has 31 heteroatoms. The summed E-state index contributed by atoms with van der Waals surface area (Å²) in [6.07, 6.45) is -26.5. The lowest BCUT2D eigenvalue weighted by molar-refractivity contribution is -0.139. The van der Waals surface area contributed by atoms with E-state index in [9.17, 15) is 98.2 Å². The number of rotatable bonds is 11. The Hall–Kier alpha value is -11.9. The van der Waals surface area contributed by atoms with E-state index < -0.39 is 126 Å². The molecule has 10 N–H and O–H groups in total. The lowest BCUT2D eigenvalue weighted by atomic mass is 9.93. The van der Waals surface area contributed by atoms with E-state index in [4.69, 9.17) is 46.1 Å². The van der Waals surface area contributed by atoms with Crippen LogP contribution in [0.5, 0.6) is 0 Å². The second-order valence-corrected chi connectivity index (χ2v) is 23.2. The van der Waals surface area contributed by atoms with Gasteiger partial charge in [-0.25, -0.2) is 0 Å². The molecule has 0 saturated carbocycles. The van der Waals surface area contributed by atoms with Gasteiger partial charge in [0.15, 0.2) is 0 Å². The second-order valence-electron chi connectivity index (χ2n) is 22.5. The number of alkyl halides is 18. The lowest BCUT2D eigenvalue weighted by Crippen LogP contribution is -2.15. The lowest BCUT2D eigenvalue weighted by Gasteiger charge is -2.19. The molecule has 11 nitrogen and oxygen atoms in total. The zero-order valence-electron chi connectivity index (χ0n) is 53.5. The van der Waals surface area contributed by atoms with Gasteiger partial charge in [0.25, 0.3) is 22.3 Å². The summed E-state index contributed by atoms with van der Waals surface area (Å²) in [5.74, 6) is -1.71. The molecule has 11 rings (SSSR count). The van der Waals surface area contributed by atoms with E-state index in [0.29, 0.717) is 58.7 Å². The third-order valence-electron chi connectivity index (χ3n) is 15.2. The summed E-state index contributed by atoms with van der Waals surface area (Å²) in [5, 5.41) is 3.63. The highest BCUT2D eigenvalue weighted by molar-refractivity contribution is 6.68. The number of nitrogen functional groups attached to an aromatic ring is 4. The molecule has 11 aromatic rings. The molecule has 10 aromatic carbocycles. The van der Waals surface area contributed by atoms with Crippen LogP contribution in [0.15, 0.2) is 237 Å². The number of amides is 2. The van der Waals surface area contributed by atoms with Gasteiger partial charge in [0, 0.05) is 68.8 Å². The number of hydrogen-bond acceptors (Lipinski definition) is 9. The average molecular weight is 1530 g/mol. The van der Waals surface area contributed by atoms with Crippen LogP contribution in [0.4, 0.5) is 113 Å². The van der Waals surface area contributed by atoms with Gasteiger partial charge in [-0.1, -0.05) is 91.0 Å². The van der Waals surface area contributed by atoms with Crippen molar-refractivity contribution in [2.45, 2.75) is 37.1 Å². The SMILES string of the molecule is Nc1ccc(-c2ccc(N)cc2C(F)(F)F)c(C(F)(F)F)c1.Nc1ccc(-c2ccc(NC(=O)c3ccc(-c4ccc(C(=O)Nc5ccc(-c6ccc(N)cc6C(F)(F)F)c(C(F)(F)F)c5)cc4)cc3)cc2C(F)(F)F)c(C(F)(F)F)c1.O=C(Cl)c1ccc(-c2ccc(C(=O)Cl)cc2)cc1.c1ccncc1. The van der Waals surface area contributed by atoms with Gasteiger partial charge in [-0.3, -0.25) is 24.2 Å². The number of nitrogens with one attached hydrogen (secondary N) is 2. The van der Waals surface area contributed by atoms with Gasteiger partial charge in [0.1, 0.15) is 0 Å². The molecule has 0 aliphatic carbocycles. The maximum atomic E-state index is 14.1. The van der Waals surface area contributed by atoms with Crippen LogP contribution in [0.3, 0.4) is 0 Å². The van der Waals surface area contributed by atoms with E-state index in [-0.39, 0.29) is 45.3 Å². The largest absolute Gasteiger partial charge is 0.417 e. The Morgan fingerprint density at radius 3 is 0.670 bits per heavy atom. The number of nitrogens with zero attached hydrogens (tertiary/aromatic N) is 1. The molecule has 1 aromatic heterocycles. The van der Waals surface area contributed by atoms with Crippen molar-refractivity contribution in [3.63, 3.8) is 0 Å². The fourth-order valence-electron chi connectivity index (χ4n) is 10.2. The Morgan fingerprint density at radius 1 is 0.274 bits per heavy atom. The molecular formula is C75H49Cl2F18N7O4. The maximum absolute atomic E-state index is 14.1. The fourth-order valence-corrected chi connectivity index (χ4v) is 10.5. The number of halogens is 20. The van der Waals surface area contributed by atoms with E-state index in [2.05, 4.69) is 15.6 Å². The monoisotopic (exact) mass is 1520 g/mol. The minimum Gasteiger partial charge on any atom is -0.399 e. The van der Waals surface area contributed by atoms with Crippen LogP contribution in [0.25, 0.3) is 55.6 Å². The van der Waals surface area contributed by atoms with E-state index >= 15 is 0 Å². The molecule has 0 unspecified atom stereocenters. The number of pyridine rings is 1. The van der Waals surface area contributed by atoms with E-state index in [1.54, 1.807) is 60.9 Å². The first kappa shape index (κ1) is 79.8. The number of carbonyl (C=O) groups excluding carboxylic acids is 4. The zero-order chi connectivity index (χ0) is 78.0. The number of nitrogens with two attached hydrogens (primary N) is 4. The van der Waals surface area contributed by atoms with E-state index in [1.807, 2.05) is 18.2 Å². The van der Waals surface area contributed by atoms with Crippen LogP contribution in [-0.2, 0) is 37.1 Å². The zero-order valence-corrected chi connectivity index (χ0v) is 55.0. The predicted molar refractivity (Wildman–Crippen MR) is 368 cm³/mol. The summed E-state index contributed by atoms with van der Waals surface area (Å²) in [5.41, 5.74) is 11.1. The summed E-state index contributed by atoms with van der Waals surface area (Å²) in [6, 6.07) is 45.4. The van der Waals surface area contributed by atoms with Crippen LogP contribution in [0.1, 0.15) is 74.8 Å². The number of carbonyl (C=O) groups is 4. The van der Waals surface area contributed by atoms with Crippen molar-refractivity contribution in [3.8, 4) is 55.6 Å². The molecule has 0 fully saturated rings. The van der Waals surface area contributed by atoms with Crippen LogP contribution < -0.4 is 33.6 Å². The Bertz CT molecular complexity index is 4670. The molecule has 548 valence electrons. The maximum Gasteiger partial charge on any atom is 0.417 e. The standard InChI is InChI=1S/C42H26F12N4O2.C14H8Cl2O2.C14H10F6N2.C5H5N/c43-39(44,45)33-17-25(55)9-13-29(33)31-15-11-27(19-35(31)41(49,50)51)57-37(59)23-5-1-21(2-6-23)22-3-7-24(8-4-22)38(60)58-28-12-16-32(36(20-28)42(52,53)54)30-14-10-26(56)18-34(30)40(46,47)48;15-13(17)11-5-1-9(2-6-11)10-3-7-12(8-4-10)14(16)18;15-13(16,17)11-5-7(21)1-3-9(11)10-4-2-8(22)6-12(10)14(18,19)20;1-2-4-6-5-3-1/h1-20H,55-56H2,(H,57,59)(H,58,60);1-8H;1-6H,21-22H2;1-5H. The molecule has 0 bridgehead atoms. The molecule has 1 heterocycles. The highest BCUT2D eigenvalue weighted by atomic mass is 35.5. The Labute approximate surface area is 599 Å². The van der Waals surface area contributed by atoms with Crippen LogP contribution in [0.2, 0.25) is 0 Å². The molecular weight excluding hydrogens is 1480 g/mol. The second kappa shape index (κ2) is 32.4. The number of anilines is 6. The highest BCUT2D eigenvalue weighted by Crippen LogP contribution is 2.48. The molecule has 2 amide bonds. The minimum atomic E-state index is -5.12. The van der Waals surface area contributed by atoms with Crippen molar-refractivity contribution in [1.82, 2.24) is 4.98 Å². The normalized spacial score (nSPS) is 11.7. The number of aromatic nitrogens is 1. The van der Waals surface area contributed by atoms with Gasteiger partial charge in [-0.2, -0.15) is 79.0 Å². The first-order valence-electron chi connectivity index (χ1n) is 30.1. The molecule has 106 heavy (non-hydrogen) atoms. The summed E-state index contributed by atoms with van der Waals surface area (Å²) in [6.45, 7) is 0.